The number of hydrogen-bond donors (Lipinski definition) is 2. The molecule has 1 aromatic heterocycles. The summed E-state index contributed by atoms with van der Waals surface area (Å²) >= 11 is 1.34. The van der Waals surface area contributed by atoms with Crippen molar-refractivity contribution < 1.29 is 9.53 Å². The minimum atomic E-state index is -0.106. The molecule has 35 heavy (non-hydrogen) atoms. The summed E-state index contributed by atoms with van der Waals surface area (Å²) in [7, 11) is 1.64. The predicted molar refractivity (Wildman–Crippen MR) is 142 cm³/mol. The number of aryl methyl sites for hydroxylation is 3. The Morgan fingerprint density at radius 2 is 1.71 bits per heavy atom. The molecule has 0 saturated carbocycles. The minimum Gasteiger partial charge on any atom is -0.495 e. The zero-order valence-electron chi connectivity index (χ0n) is 20.3. The number of aromatic nitrogens is 3. The second-order valence-corrected chi connectivity index (χ2v) is 9.18. The van der Waals surface area contributed by atoms with Gasteiger partial charge in [0, 0.05) is 11.4 Å². The number of ether oxygens (including phenoxy) is 1. The van der Waals surface area contributed by atoms with Crippen LogP contribution in [0.2, 0.25) is 0 Å². The van der Waals surface area contributed by atoms with E-state index in [2.05, 4.69) is 46.8 Å². The van der Waals surface area contributed by atoms with Crippen LogP contribution in [-0.2, 0) is 11.3 Å². The van der Waals surface area contributed by atoms with E-state index in [4.69, 9.17) is 4.74 Å². The second-order valence-electron chi connectivity index (χ2n) is 8.23. The lowest BCUT2D eigenvalue weighted by atomic mass is 10.1. The van der Waals surface area contributed by atoms with Gasteiger partial charge in [0.2, 0.25) is 5.91 Å². The van der Waals surface area contributed by atoms with Crippen LogP contribution in [0.5, 0.6) is 5.75 Å². The van der Waals surface area contributed by atoms with E-state index in [1.807, 2.05) is 66.1 Å². The van der Waals surface area contributed by atoms with Crippen LogP contribution in [0.3, 0.4) is 0 Å². The van der Waals surface area contributed by atoms with Gasteiger partial charge in [-0.25, -0.2) is 0 Å². The molecule has 4 rings (SSSR count). The maximum absolute atomic E-state index is 12.6. The lowest BCUT2D eigenvalue weighted by Crippen LogP contribution is -2.15. The third kappa shape index (κ3) is 5.84. The van der Waals surface area contributed by atoms with Gasteiger partial charge in [-0.15, -0.1) is 10.2 Å². The summed E-state index contributed by atoms with van der Waals surface area (Å²) in [5.41, 5.74) is 6.09. The Bertz CT molecular complexity index is 1310. The van der Waals surface area contributed by atoms with Crippen molar-refractivity contribution >= 4 is 29.0 Å². The van der Waals surface area contributed by atoms with Gasteiger partial charge in [0.05, 0.1) is 25.1 Å². The van der Waals surface area contributed by atoms with Crippen molar-refractivity contribution in [1.82, 2.24) is 14.8 Å². The van der Waals surface area contributed by atoms with Gasteiger partial charge in [-0.3, -0.25) is 9.36 Å². The number of benzene rings is 3. The Balaban J connectivity index is 1.58. The van der Waals surface area contributed by atoms with Gasteiger partial charge in [-0.05, 0) is 61.7 Å². The summed E-state index contributed by atoms with van der Waals surface area (Å²) in [5, 5.41) is 15.9. The first-order chi connectivity index (χ1) is 17.0. The fourth-order valence-corrected chi connectivity index (χ4v) is 4.64. The molecule has 0 aliphatic carbocycles. The van der Waals surface area contributed by atoms with Crippen molar-refractivity contribution in [3.8, 4) is 11.4 Å². The van der Waals surface area contributed by atoms with Gasteiger partial charge in [-0.1, -0.05) is 54.2 Å². The molecule has 8 heteroatoms. The number of rotatable bonds is 9. The van der Waals surface area contributed by atoms with E-state index in [0.29, 0.717) is 17.5 Å². The molecule has 0 atom stereocenters. The molecule has 0 aliphatic rings. The smallest absolute Gasteiger partial charge is 0.234 e. The van der Waals surface area contributed by atoms with Crippen molar-refractivity contribution in [1.29, 1.82) is 0 Å². The number of anilines is 2. The standard InChI is InChI=1S/C27H29N5O2S/c1-18-9-7-12-21(15-18)29-25(33)17-35-27-31-30-24(16-28-26-19(2)10-8-11-20(26)3)32(27)22-13-5-6-14-23(22)34-4/h5-15,28H,16-17H2,1-4H3,(H,29,33). The maximum atomic E-state index is 12.6. The molecule has 4 aromatic rings. The predicted octanol–water partition coefficient (Wildman–Crippen LogP) is 5.54. The number of carbonyl (C=O) groups excluding carboxylic acids is 1. The average molecular weight is 488 g/mol. The van der Waals surface area contributed by atoms with Crippen LogP contribution in [0, 0.1) is 20.8 Å². The number of carbonyl (C=O) groups is 1. The molecule has 2 N–H and O–H groups in total. The molecular weight excluding hydrogens is 458 g/mol. The van der Waals surface area contributed by atoms with Crippen LogP contribution < -0.4 is 15.4 Å². The lowest BCUT2D eigenvalue weighted by Gasteiger charge is -2.16. The molecule has 1 heterocycles. The molecular formula is C27H29N5O2S. The Kier molecular flexibility index (Phi) is 7.72. The first-order valence-electron chi connectivity index (χ1n) is 11.3. The van der Waals surface area contributed by atoms with E-state index in [0.717, 1.165) is 39.6 Å². The summed E-state index contributed by atoms with van der Waals surface area (Å²) in [5.74, 6) is 1.52. The van der Waals surface area contributed by atoms with Crippen LogP contribution in [0.25, 0.3) is 5.69 Å². The van der Waals surface area contributed by atoms with Crippen LogP contribution in [0.15, 0.2) is 71.9 Å². The SMILES string of the molecule is COc1ccccc1-n1c(CNc2c(C)cccc2C)nnc1SCC(=O)Nc1cccc(C)c1. The number of methoxy groups -OCH3 is 1. The number of nitrogens with one attached hydrogen (secondary N) is 2. The zero-order valence-corrected chi connectivity index (χ0v) is 21.1. The molecule has 0 bridgehead atoms. The molecule has 0 unspecified atom stereocenters. The van der Waals surface area contributed by atoms with Crippen molar-refractivity contribution in [3.63, 3.8) is 0 Å². The van der Waals surface area contributed by atoms with Gasteiger partial charge < -0.3 is 15.4 Å². The highest BCUT2D eigenvalue weighted by molar-refractivity contribution is 7.99. The van der Waals surface area contributed by atoms with E-state index in [9.17, 15) is 4.79 Å². The van der Waals surface area contributed by atoms with Crippen molar-refractivity contribution in [2.45, 2.75) is 32.5 Å². The molecule has 180 valence electrons. The molecule has 1 amide bonds. The number of hydrogen-bond acceptors (Lipinski definition) is 6. The van der Waals surface area contributed by atoms with Crippen molar-refractivity contribution in [3.05, 3.63) is 89.2 Å². The van der Waals surface area contributed by atoms with Crippen LogP contribution in [0.4, 0.5) is 11.4 Å². The number of nitrogens with zero attached hydrogens (tertiary/aromatic N) is 3. The highest BCUT2D eigenvalue weighted by Gasteiger charge is 2.19. The first-order valence-corrected chi connectivity index (χ1v) is 12.3. The summed E-state index contributed by atoms with van der Waals surface area (Å²) in [6.45, 7) is 6.61. The largest absolute Gasteiger partial charge is 0.495 e. The van der Waals surface area contributed by atoms with Crippen LogP contribution in [-0.4, -0.2) is 33.5 Å². The van der Waals surface area contributed by atoms with Gasteiger partial charge in [0.1, 0.15) is 5.75 Å². The lowest BCUT2D eigenvalue weighted by molar-refractivity contribution is -0.113. The molecule has 3 aromatic carbocycles. The number of amides is 1. The molecule has 0 spiro atoms. The first kappa shape index (κ1) is 24.3. The van der Waals surface area contributed by atoms with E-state index in [1.165, 1.54) is 11.8 Å². The summed E-state index contributed by atoms with van der Waals surface area (Å²) < 4.78 is 7.56. The average Bonchev–Trinajstić information content (AvgIpc) is 3.25. The Morgan fingerprint density at radius 3 is 2.46 bits per heavy atom. The Morgan fingerprint density at radius 1 is 0.971 bits per heavy atom. The topological polar surface area (TPSA) is 81.1 Å². The van der Waals surface area contributed by atoms with Gasteiger partial charge in [0.25, 0.3) is 0 Å². The van der Waals surface area contributed by atoms with E-state index in [-0.39, 0.29) is 11.7 Å². The van der Waals surface area contributed by atoms with Crippen LogP contribution in [0.1, 0.15) is 22.5 Å². The fourth-order valence-electron chi connectivity index (χ4n) is 3.88. The maximum Gasteiger partial charge on any atom is 0.234 e. The highest BCUT2D eigenvalue weighted by atomic mass is 32.2. The zero-order chi connectivity index (χ0) is 24.8. The van der Waals surface area contributed by atoms with Gasteiger partial charge in [0.15, 0.2) is 11.0 Å². The van der Waals surface area contributed by atoms with Gasteiger partial charge in [-0.2, -0.15) is 0 Å². The fraction of sp³-hybridized carbons (Fsp3) is 0.222. The molecule has 7 nitrogen and oxygen atoms in total. The second kappa shape index (κ2) is 11.1. The Hall–Kier alpha value is -3.78. The van der Waals surface area contributed by atoms with Gasteiger partial charge >= 0.3 is 0 Å². The van der Waals surface area contributed by atoms with E-state index < -0.39 is 0 Å². The van der Waals surface area contributed by atoms with Crippen LogP contribution >= 0.6 is 11.8 Å². The minimum absolute atomic E-state index is 0.106. The quantitative estimate of drug-likeness (QED) is 0.302. The van der Waals surface area contributed by atoms with Crippen molar-refractivity contribution in [2.24, 2.45) is 0 Å². The molecule has 0 fully saturated rings. The third-order valence-electron chi connectivity index (χ3n) is 5.57. The third-order valence-corrected chi connectivity index (χ3v) is 6.49. The molecule has 0 aliphatic heterocycles. The summed E-state index contributed by atoms with van der Waals surface area (Å²) in [6, 6.07) is 21.7. The monoisotopic (exact) mass is 487 g/mol. The summed E-state index contributed by atoms with van der Waals surface area (Å²) in [6.07, 6.45) is 0. The van der Waals surface area contributed by atoms with Crippen molar-refractivity contribution in [2.75, 3.05) is 23.5 Å². The van der Waals surface area contributed by atoms with E-state index in [1.54, 1.807) is 7.11 Å². The number of thioether (sulfide) groups is 1. The molecule has 0 saturated heterocycles. The number of para-hydroxylation sites is 3. The molecule has 0 radical (unpaired) electrons. The Labute approximate surface area is 209 Å². The normalized spacial score (nSPS) is 10.7. The summed E-state index contributed by atoms with van der Waals surface area (Å²) in [4.78, 5) is 12.6. The van der Waals surface area contributed by atoms with E-state index >= 15 is 0 Å². The highest BCUT2D eigenvalue weighted by Crippen LogP contribution is 2.29.